The molecular weight excluding hydrogens is 334 g/mol. The van der Waals surface area contributed by atoms with Crippen LogP contribution in [0.1, 0.15) is 37.8 Å². The van der Waals surface area contributed by atoms with Gasteiger partial charge >= 0.3 is 5.97 Å². The number of nitrogens with one attached hydrogen (secondary N) is 1. The minimum atomic E-state index is -0.991. The zero-order valence-electron chi connectivity index (χ0n) is 15.0. The Hall–Kier alpha value is -3.02. The quantitative estimate of drug-likeness (QED) is 0.659. The first-order valence-electron chi connectivity index (χ1n) is 8.37. The molecule has 3 N–H and O–H groups in total. The molecule has 0 bridgehead atoms. The molecule has 0 aromatic heterocycles. The van der Waals surface area contributed by atoms with E-state index in [1.807, 2.05) is 24.3 Å². The summed E-state index contributed by atoms with van der Waals surface area (Å²) in [5.41, 5.74) is 1.80. The Labute approximate surface area is 152 Å². The molecule has 0 aliphatic rings. The van der Waals surface area contributed by atoms with Gasteiger partial charge in [0.15, 0.2) is 6.10 Å². The van der Waals surface area contributed by atoms with Crippen LogP contribution >= 0.6 is 0 Å². The van der Waals surface area contributed by atoms with Crippen LogP contribution in [0.15, 0.2) is 42.5 Å². The monoisotopic (exact) mass is 357 g/mol. The summed E-state index contributed by atoms with van der Waals surface area (Å²) in [5.74, 6) is -0.595. The van der Waals surface area contributed by atoms with Crippen molar-refractivity contribution in [3.8, 4) is 11.5 Å². The molecule has 1 amide bonds. The van der Waals surface area contributed by atoms with Crippen LogP contribution in [0.5, 0.6) is 11.5 Å². The number of hydrogen-bond acceptors (Lipinski definition) is 4. The molecule has 0 aliphatic heterocycles. The van der Waals surface area contributed by atoms with E-state index in [1.165, 1.54) is 23.8 Å². The second kappa shape index (κ2) is 8.38. The molecule has 1 atom stereocenters. The fourth-order valence-electron chi connectivity index (χ4n) is 2.39. The van der Waals surface area contributed by atoms with Gasteiger partial charge in [0.1, 0.15) is 11.5 Å². The van der Waals surface area contributed by atoms with Crippen LogP contribution in [-0.2, 0) is 16.0 Å². The predicted molar refractivity (Wildman–Crippen MR) is 98.7 cm³/mol. The highest BCUT2D eigenvalue weighted by atomic mass is 16.5. The minimum Gasteiger partial charge on any atom is -0.506 e. The van der Waals surface area contributed by atoms with E-state index in [2.05, 4.69) is 19.2 Å². The third-order valence-corrected chi connectivity index (χ3v) is 3.90. The predicted octanol–water partition coefficient (Wildman–Crippen LogP) is 3.55. The minimum absolute atomic E-state index is 0.138. The van der Waals surface area contributed by atoms with Crippen molar-refractivity contribution in [2.24, 2.45) is 0 Å². The lowest BCUT2D eigenvalue weighted by atomic mass is 10.0. The fraction of sp³-hybridized carbons (Fsp3) is 0.300. The highest BCUT2D eigenvalue weighted by Gasteiger charge is 2.17. The van der Waals surface area contributed by atoms with Crippen molar-refractivity contribution < 1.29 is 24.5 Å². The molecular formula is C20H23NO5. The Morgan fingerprint density at radius 2 is 1.73 bits per heavy atom. The molecule has 0 radical (unpaired) electrons. The molecule has 2 aromatic carbocycles. The van der Waals surface area contributed by atoms with Crippen LogP contribution < -0.4 is 10.1 Å². The number of rotatable bonds is 7. The molecule has 6 heteroatoms. The third-order valence-electron chi connectivity index (χ3n) is 3.90. The number of carbonyl (C=O) groups excluding carboxylic acids is 1. The van der Waals surface area contributed by atoms with Gasteiger partial charge in [-0.15, -0.1) is 0 Å². The molecule has 0 heterocycles. The van der Waals surface area contributed by atoms with Gasteiger partial charge in [-0.3, -0.25) is 9.59 Å². The Morgan fingerprint density at radius 1 is 1.08 bits per heavy atom. The number of aromatic hydroxyl groups is 1. The normalized spacial score (nSPS) is 11.8. The van der Waals surface area contributed by atoms with E-state index in [4.69, 9.17) is 9.84 Å². The van der Waals surface area contributed by atoms with Gasteiger partial charge in [0.25, 0.3) is 5.91 Å². The van der Waals surface area contributed by atoms with Crippen molar-refractivity contribution in [1.29, 1.82) is 0 Å². The van der Waals surface area contributed by atoms with Crippen LogP contribution in [0.4, 0.5) is 5.69 Å². The largest absolute Gasteiger partial charge is 0.506 e. The van der Waals surface area contributed by atoms with Gasteiger partial charge in [0, 0.05) is 0 Å². The van der Waals surface area contributed by atoms with Gasteiger partial charge in [-0.1, -0.05) is 32.0 Å². The van der Waals surface area contributed by atoms with Gasteiger partial charge in [0.05, 0.1) is 12.1 Å². The summed E-state index contributed by atoms with van der Waals surface area (Å²) in [6, 6.07) is 11.8. The van der Waals surface area contributed by atoms with Crippen LogP contribution in [0.2, 0.25) is 0 Å². The molecule has 0 aliphatic carbocycles. The highest BCUT2D eigenvalue weighted by Crippen LogP contribution is 2.25. The average molecular weight is 357 g/mol. The molecule has 0 spiro atoms. The van der Waals surface area contributed by atoms with E-state index in [-0.39, 0.29) is 17.9 Å². The Bertz CT molecular complexity index is 783. The number of ether oxygens (including phenoxy) is 1. The molecule has 0 saturated heterocycles. The fourth-order valence-corrected chi connectivity index (χ4v) is 2.39. The summed E-state index contributed by atoms with van der Waals surface area (Å²) in [4.78, 5) is 23.1. The summed E-state index contributed by atoms with van der Waals surface area (Å²) < 4.78 is 5.63. The Kier molecular flexibility index (Phi) is 6.22. The van der Waals surface area contributed by atoms with E-state index in [1.54, 1.807) is 6.92 Å². The van der Waals surface area contributed by atoms with Crippen molar-refractivity contribution in [2.75, 3.05) is 5.32 Å². The van der Waals surface area contributed by atoms with Gasteiger partial charge in [0.2, 0.25) is 0 Å². The number of hydrogen-bond donors (Lipinski definition) is 3. The molecule has 2 rings (SSSR count). The number of carboxylic acids is 1. The van der Waals surface area contributed by atoms with E-state index in [0.717, 1.165) is 0 Å². The average Bonchev–Trinajstić information content (AvgIpc) is 2.57. The summed E-state index contributed by atoms with van der Waals surface area (Å²) in [5, 5.41) is 21.3. The summed E-state index contributed by atoms with van der Waals surface area (Å²) in [6.07, 6.45) is -0.986. The summed E-state index contributed by atoms with van der Waals surface area (Å²) >= 11 is 0. The van der Waals surface area contributed by atoms with E-state index in [0.29, 0.717) is 17.2 Å². The maximum atomic E-state index is 12.3. The third kappa shape index (κ3) is 5.24. The van der Waals surface area contributed by atoms with Crippen LogP contribution in [0.3, 0.4) is 0 Å². The van der Waals surface area contributed by atoms with E-state index >= 15 is 0 Å². The molecule has 138 valence electrons. The lowest BCUT2D eigenvalue weighted by Crippen LogP contribution is -2.30. The highest BCUT2D eigenvalue weighted by molar-refractivity contribution is 5.95. The summed E-state index contributed by atoms with van der Waals surface area (Å²) in [7, 11) is 0. The van der Waals surface area contributed by atoms with Crippen molar-refractivity contribution in [2.45, 2.75) is 39.2 Å². The second-order valence-corrected chi connectivity index (χ2v) is 6.40. The molecule has 0 fully saturated rings. The second-order valence-electron chi connectivity index (χ2n) is 6.40. The molecule has 26 heavy (non-hydrogen) atoms. The van der Waals surface area contributed by atoms with Crippen molar-refractivity contribution in [3.63, 3.8) is 0 Å². The number of anilines is 1. The number of carboxylic acid groups (broad SMARTS) is 1. The lowest BCUT2D eigenvalue weighted by molar-refractivity contribution is -0.136. The molecule has 2 aromatic rings. The van der Waals surface area contributed by atoms with Gasteiger partial charge in [-0.2, -0.15) is 0 Å². The van der Waals surface area contributed by atoms with Crippen LogP contribution in [-0.4, -0.2) is 28.2 Å². The smallest absolute Gasteiger partial charge is 0.307 e. The van der Waals surface area contributed by atoms with Crippen molar-refractivity contribution >= 4 is 17.6 Å². The van der Waals surface area contributed by atoms with Crippen LogP contribution in [0.25, 0.3) is 0 Å². The zero-order valence-corrected chi connectivity index (χ0v) is 15.0. The number of aliphatic carboxylic acids is 1. The first-order valence-corrected chi connectivity index (χ1v) is 8.37. The maximum absolute atomic E-state index is 12.3. The van der Waals surface area contributed by atoms with Crippen molar-refractivity contribution in [1.82, 2.24) is 0 Å². The summed E-state index contributed by atoms with van der Waals surface area (Å²) in [6.45, 7) is 5.79. The molecule has 1 unspecified atom stereocenters. The first kappa shape index (κ1) is 19.3. The van der Waals surface area contributed by atoms with E-state index in [9.17, 15) is 14.7 Å². The number of benzene rings is 2. The van der Waals surface area contributed by atoms with E-state index < -0.39 is 18.0 Å². The van der Waals surface area contributed by atoms with Gasteiger partial charge < -0.3 is 20.3 Å². The zero-order chi connectivity index (χ0) is 19.3. The molecule has 0 saturated carbocycles. The molecule has 6 nitrogen and oxygen atoms in total. The van der Waals surface area contributed by atoms with Gasteiger partial charge in [-0.05, 0) is 48.2 Å². The first-order chi connectivity index (χ1) is 12.3. The maximum Gasteiger partial charge on any atom is 0.307 e. The number of phenols is 1. The SMILES string of the molecule is CC(Oc1ccc(C(C)C)cc1)C(=O)Nc1cc(CC(=O)O)ccc1O. The number of carbonyl (C=O) groups is 2. The Morgan fingerprint density at radius 3 is 2.31 bits per heavy atom. The Balaban J connectivity index is 2.03. The standard InChI is InChI=1S/C20H23NO5/c1-12(2)15-5-7-16(8-6-15)26-13(3)20(25)21-17-10-14(11-19(23)24)4-9-18(17)22/h4-10,12-13,22H,11H2,1-3H3,(H,21,25)(H,23,24). The number of phenolic OH excluding ortho intramolecular Hbond substituents is 1. The topological polar surface area (TPSA) is 95.9 Å². The number of amides is 1. The lowest BCUT2D eigenvalue weighted by Gasteiger charge is -2.16. The van der Waals surface area contributed by atoms with Gasteiger partial charge in [-0.25, -0.2) is 0 Å². The van der Waals surface area contributed by atoms with Crippen LogP contribution in [0, 0.1) is 0 Å². The van der Waals surface area contributed by atoms with Crippen molar-refractivity contribution in [3.05, 3.63) is 53.6 Å².